The number of carbonyl (C=O) groups is 1. The summed E-state index contributed by atoms with van der Waals surface area (Å²) < 4.78 is 23.4. The molecule has 5 heteroatoms. The number of alkyl halides is 1. The molecule has 1 aliphatic rings. The monoisotopic (exact) mass is 237 g/mol. The van der Waals surface area contributed by atoms with Crippen LogP contribution in [0.4, 0.5) is 10.1 Å². The van der Waals surface area contributed by atoms with Crippen molar-refractivity contribution in [3.8, 4) is 0 Å². The molecule has 0 aliphatic carbocycles. The molecule has 0 aromatic heterocycles. The number of ether oxygens (including phenoxy) is 2. The summed E-state index contributed by atoms with van der Waals surface area (Å²) in [4.78, 5) is 11.6. The Labute approximate surface area is 98.0 Å². The number of anilines is 1. The topological polar surface area (TPSA) is 47.6 Å². The van der Waals surface area contributed by atoms with Crippen molar-refractivity contribution in [1.82, 2.24) is 0 Å². The molecule has 0 bridgehead atoms. The van der Waals surface area contributed by atoms with Crippen molar-refractivity contribution >= 4 is 17.2 Å². The fraction of sp³-hybridized carbons (Fsp3) is 0.250. The van der Waals surface area contributed by atoms with E-state index in [0.717, 1.165) is 6.08 Å². The van der Waals surface area contributed by atoms with Crippen LogP contribution in [-0.4, -0.2) is 26.2 Å². The van der Waals surface area contributed by atoms with Crippen molar-refractivity contribution in [2.75, 3.05) is 19.5 Å². The zero-order valence-corrected chi connectivity index (χ0v) is 9.49. The second kappa shape index (κ2) is 4.18. The first-order valence-corrected chi connectivity index (χ1v) is 5.02. The van der Waals surface area contributed by atoms with Crippen LogP contribution in [-0.2, 0) is 14.3 Å². The number of fused-ring (bicyclic) bond motifs is 1. The summed E-state index contributed by atoms with van der Waals surface area (Å²) in [5.74, 6) is -2.80. The van der Waals surface area contributed by atoms with Crippen LogP contribution in [0, 0.1) is 0 Å². The summed E-state index contributed by atoms with van der Waals surface area (Å²) in [6.45, 7) is 0. The Kier molecular flexibility index (Phi) is 2.85. The summed E-state index contributed by atoms with van der Waals surface area (Å²) in [5.41, 5.74) is 1.22. The van der Waals surface area contributed by atoms with E-state index < -0.39 is 11.9 Å². The lowest BCUT2D eigenvalue weighted by Gasteiger charge is -2.29. The quantitative estimate of drug-likeness (QED) is 0.630. The van der Waals surface area contributed by atoms with Gasteiger partial charge >= 0.3 is 11.9 Å². The molecule has 2 rings (SSSR count). The molecule has 1 N–H and O–H groups in total. The molecule has 0 saturated carbocycles. The van der Waals surface area contributed by atoms with Crippen LogP contribution < -0.4 is 5.32 Å². The van der Waals surface area contributed by atoms with E-state index in [0.29, 0.717) is 11.3 Å². The third-order valence-corrected chi connectivity index (χ3v) is 2.55. The molecule has 0 spiro atoms. The Balaban J connectivity index is 2.55. The minimum Gasteiger partial charge on any atom is -0.465 e. The molecule has 17 heavy (non-hydrogen) atoms. The smallest absolute Gasteiger partial charge is 0.338 e. The van der Waals surface area contributed by atoms with Crippen LogP contribution in [0.5, 0.6) is 0 Å². The third kappa shape index (κ3) is 2.01. The molecule has 90 valence electrons. The second-order valence-corrected chi connectivity index (χ2v) is 3.57. The number of esters is 1. The minimum atomic E-state index is -2.20. The van der Waals surface area contributed by atoms with Crippen molar-refractivity contribution in [3.63, 3.8) is 0 Å². The molecule has 0 amide bonds. The lowest BCUT2D eigenvalue weighted by atomic mass is 9.99. The van der Waals surface area contributed by atoms with Crippen LogP contribution in [0.2, 0.25) is 0 Å². The van der Waals surface area contributed by atoms with Crippen molar-refractivity contribution in [3.05, 3.63) is 35.9 Å². The van der Waals surface area contributed by atoms with Gasteiger partial charge < -0.3 is 14.8 Å². The van der Waals surface area contributed by atoms with Crippen LogP contribution in [0.25, 0.3) is 5.57 Å². The van der Waals surface area contributed by atoms with E-state index in [9.17, 15) is 9.18 Å². The molecule has 1 atom stereocenters. The van der Waals surface area contributed by atoms with E-state index in [-0.39, 0.29) is 5.57 Å². The first kappa shape index (κ1) is 11.6. The molecular weight excluding hydrogens is 225 g/mol. The molecule has 0 radical (unpaired) electrons. The second-order valence-electron chi connectivity index (χ2n) is 3.57. The Morgan fingerprint density at radius 1 is 1.35 bits per heavy atom. The van der Waals surface area contributed by atoms with Gasteiger partial charge in [-0.05, 0) is 6.07 Å². The van der Waals surface area contributed by atoms with E-state index in [4.69, 9.17) is 4.74 Å². The number of hydrogen-bond acceptors (Lipinski definition) is 4. The molecule has 1 aromatic rings. The molecular formula is C12H12FNO3. The van der Waals surface area contributed by atoms with E-state index in [1.54, 1.807) is 24.3 Å². The largest absolute Gasteiger partial charge is 0.465 e. The molecule has 1 aromatic carbocycles. The highest BCUT2D eigenvalue weighted by molar-refractivity contribution is 6.19. The van der Waals surface area contributed by atoms with Gasteiger partial charge in [0.25, 0.3) is 0 Å². The first-order valence-electron chi connectivity index (χ1n) is 5.02. The Morgan fingerprint density at radius 3 is 2.71 bits per heavy atom. The van der Waals surface area contributed by atoms with Gasteiger partial charge in [0.05, 0.1) is 12.7 Å². The summed E-state index contributed by atoms with van der Waals surface area (Å²) in [5, 5.41) is 2.56. The van der Waals surface area contributed by atoms with Crippen LogP contribution in [0.3, 0.4) is 0 Å². The first-order chi connectivity index (χ1) is 8.09. The van der Waals surface area contributed by atoms with Crippen molar-refractivity contribution in [2.45, 2.75) is 5.98 Å². The highest BCUT2D eigenvalue weighted by Gasteiger charge is 2.35. The minimum absolute atomic E-state index is 0.145. The predicted molar refractivity (Wildman–Crippen MR) is 60.9 cm³/mol. The van der Waals surface area contributed by atoms with Gasteiger partial charge in [-0.15, -0.1) is 0 Å². The average molecular weight is 237 g/mol. The molecule has 0 saturated heterocycles. The maximum atomic E-state index is 14.1. The Hall–Kier alpha value is -1.88. The van der Waals surface area contributed by atoms with Gasteiger partial charge in [-0.2, -0.15) is 4.39 Å². The molecule has 1 unspecified atom stereocenters. The summed E-state index contributed by atoms with van der Waals surface area (Å²) in [6, 6.07) is 6.87. The van der Waals surface area contributed by atoms with E-state index >= 15 is 0 Å². The number of hydrogen-bond donors (Lipinski definition) is 1. The number of rotatable bonds is 2. The third-order valence-electron chi connectivity index (χ3n) is 2.55. The van der Waals surface area contributed by atoms with Gasteiger partial charge in [-0.1, -0.05) is 18.2 Å². The van der Waals surface area contributed by atoms with Gasteiger partial charge in [0.1, 0.15) is 0 Å². The SMILES string of the molecule is COC(=O)C1=CC(F)(OC)Nc2ccccc21. The standard InChI is InChI=1S/C12H12FNO3/c1-16-11(15)9-7-12(13,17-2)14-10-6-4-3-5-8(9)10/h3-7,14H,1-2H3. The highest BCUT2D eigenvalue weighted by Crippen LogP contribution is 2.35. The van der Waals surface area contributed by atoms with E-state index in [1.807, 2.05) is 0 Å². The van der Waals surface area contributed by atoms with Crippen molar-refractivity contribution in [2.24, 2.45) is 0 Å². The molecule has 1 aliphatic heterocycles. The van der Waals surface area contributed by atoms with Crippen LogP contribution in [0.15, 0.2) is 30.3 Å². The number of para-hydroxylation sites is 1. The summed E-state index contributed by atoms with van der Waals surface area (Å²) >= 11 is 0. The number of methoxy groups -OCH3 is 2. The van der Waals surface area contributed by atoms with Gasteiger partial charge in [0, 0.05) is 24.4 Å². The average Bonchev–Trinajstić information content (AvgIpc) is 2.37. The van der Waals surface area contributed by atoms with Crippen molar-refractivity contribution < 1.29 is 18.7 Å². The maximum Gasteiger partial charge on any atom is 0.338 e. The van der Waals surface area contributed by atoms with Gasteiger partial charge in [-0.25, -0.2) is 4.79 Å². The number of nitrogens with one attached hydrogen (secondary N) is 1. The van der Waals surface area contributed by atoms with Gasteiger partial charge in [0.2, 0.25) is 0 Å². The normalized spacial score (nSPS) is 22.2. The van der Waals surface area contributed by atoms with Gasteiger partial charge in [-0.3, -0.25) is 0 Å². The molecule has 4 nitrogen and oxygen atoms in total. The van der Waals surface area contributed by atoms with Crippen molar-refractivity contribution in [1.29, 1.82) is 0 Å². The molecule has 0 fully saturated rings. The molecule has 1 heterocycles. The fourth-order valence-corrected chi connectivity index (χ4v) is 1.70. The van der Waals surface area contributed by atoms with E-state index in [2.05, 4.69) is 10.1 Å². The Morgan fingerprint density at radius 2 is 2.06 bits per heavy atom. The number of halogens is 1. The number of benzene rings is 1. The number of carbonyl (C=O) groups excluding carboxylic acids is 1. The zero-order valence-electron chi connectivity index (χ0n) is 9.49. The van der Waals surface area contributed by atoms with Crippen LogP contribution in [0.1, 0.15) is 5.56 Å². The lowest BCUT2D eigenvalue weighted by molar-refractivity contribution is -0.134. The Bertz CT molecular complexity index is 486. The zero-order chi connectivity index (χ0) is 12.5. The predicted octanol–water partition coefficient (Wildman–Crippen LogP) is 1.94. The summed E-state index contributed by atoms with van der Waals surface area (Å²) in [7, 11) is 2.47. The highest BCUT2D eigenvalue weighted by atomic mass is 19.2. The maximum absolute atomic E-state index is 14.1. The summed E-state index contributed by atoms with van der Waals surface area (Å²) in [6.07, 6.45) is 1.07. The fourth-order valence-electron chi connectivity index (χ4n) is 1.70. The lowest BCUT2D eigenvalue weighted by Crippen LogP contribution is -2.36. The van der Waals surface area contributed by atoms with Gasteiger partial charge in [0.15, 0.2) is 0 Å². The van der Waals surface area contributed by atoms with E-state index in [1.165, 1.54) is 14.2 Å². The van der Waals surface area contributed by atoms with Crippen LogP contribution >= 0.6 is 0 Å².